The average molecular weight is 463 g/mol. The number of carbonyl (C=O) groups excluding carboxylic acids is 3. The quantitative estimate of drug-likeness (QED) is 0.441. The van der Waals surface area contributed by atoms with E-state index < -0.39 is 41.9 Å². The number of carboxylic acids is 1. The van der Waals surface area contributed by atoms with Crippen molar-refractivity contribution in [3.05, 3.63) is 72.3 Å². The Bertz CT molecular complexity index is 1100. The third-order valence-electron chi connectivity index (χ3n) is 6.15. The molecule has 1 aliphatic heterocycles. The Morgan fingerprint density at radius 2 is 1.74 bits per heavy atom. The number of fused-ring (bicyclic) bond motifs is 3. The molecule has 3 amide bonds. The fraction of sp³-hybridized carbons (Fsp3) is 0.280. The van der Waals surface area contributed by atoms with E-state index in [0.717, 1.165) is 22.3 Å². The van der Waals surface area contributed by atoms with Gasteiger partial charge in [-0.2, -0.15) is 0 Å². The van der Waals surface area contributed by atoms with Gasteiger partial charge in [-0.25, -0.2) is 4.79 Å². The maximum atomic E-state index is 12.7. The van der Waals surface area contributed by atoms with Crippen molar-refractivity contribution < 1.29 is 29.0 Å². The molecule has 4 rings (SSSR count). The SMILES string of the molecule is C=CCC(NC(=O)OCC1c2ccccc2-c2ccccc21)C(=O)NC1C(=O)NCC1C(=O)O. The number of hydrogen-bond acceptors (Lipinski definition) is 5. The number of benzene rings is 2. The molecule has 0 bridgehead atoms. The van der Waals surface area contributed by atoms with Gasteiger partial charge in [-0.05, 0) is 28.7 Å². The highest BCUT2D eigenvalue weighted by Gasteiger charge is 2.41. The molecule has 0 saturated carbocycles. The second kappa shape index (κ2) is 9.78. The predicted molar refractivity (Wildman–Crippen MR) is 123 cm³/mol. The lowest BCUT2D eigenvalue weighted by Gasteiger charge is -2.21. The molecule has 9 heteroatoms. The summed E-state index contributed by atoms with van der Waals surface area (Å²) in [5, 5.41) is 16.6. The molecule has 2 aliphatic rings. The molecule has 3 unspecified atom stereocenters. The van der Waals surface area contributed by atoms with Gasteiger partial charge in [0, 0.05) is 12.5 Å². The number of nitrogens with one attached hydrogen (secondary N) is 3. The van der Waals surface area contributed by atoms with Crippen LogP contribution in [-0.2, 0) is 19.1 Å². The molecule has 1 heterocycles. The Kier molecular flexibility index (Phi) is 6.62. The number of alkyl carbamates (subject to hydrolysis) is 1. The molecule has 2 aromatic carbocycles. The molecule has 1 aliphatic carbocycles. The first-order chi connectivity index (χ1) is 16.4. The number of aliphatic carboxylic acids is 1. The van der Waals surface area contributed by atoms with E-state index in [4.69, 9.17) is 4.74 Å². The van der Waals surface area contributed by atoms with Gasteiger partial charge in [-0.3, -0.25) is 14.4 Å². The Hall–Kier alpha value is -4.14. The van der Waals surface area contributed by atoms with Crippen LogP contribution >= 0.6 is 0 Å². The minimum absolute atomic E-state index is 0.0715. The number of rotatable bonds is 8. The van der Waals surface area contributed by atoms with Crippen molar-refractivity contribution in [3.8, 4) is 11.1 Å². The van der Waals surface area contributed by atoms with E-state index in [2.05, 4.69) is 22.5 Å². The van der Waals surface area contributed by atoms with Crippen molar-refractivity contribution in [1.82, 2.24) is 16.0 Å². The molecule has 176 valence electrons. The van der Waals surface area contributed by atoms with E-state index in [-0.39, 0.29) is 25.5 Å². The fourth-order valence-electron chi connectivity index (χ4n) is 4.45. The average Bonchev–Trinajstić information content (AvgIpc) is 3.35. The van der Waals surface area contributed by atoms with Crippen molar-refractivity contribution in [2.45, 2.75) is 24.4 Å². The summed E-state index contributed by atoms with van der Waals surface area (Å²) in [6, 6.07) is 13.6. The summed E-state index contributed by atoms with van der Waals surface area (Å²) in [6.45, 7) is 3.59. The van der Waals surface area contributed by atoms with Crippen LogP contribution in [0.1, 0.15) is 23.5 Å². The van der Waals surface area contributed by atoms with E-state index >= 15 is 0 Å². The van der Waals surface area contributed by atoms with Gasteiger partial charge >= 0.3 is 12.1 Å². The highest BCUT2D eigenvalue weighted by Crippen LogP contribution is 2.44. The lowest BCUT2D eigenvalue weighted by Crippen LogP contribution is -2.53. The second-order valence-corrected chi connectivity index (χ2v) is 8.22. The molecule has 1 saturated heterocycles. The summed E-state index contributed by atoms with van der Waals surface area (Å²) in [6.07, 6.45) is 0.717. The van der Waals surface area contributed by atoms with Crippen molar-refractivity contribution in [3.63, 3.8) is 0 Å². The molecule has 0 aromatic heterocycles. The smallest absolute Gasteiger partial charge is 0.407 e. The molecular formula is C25H25N3O6. The van der Waals surface area contributed by atoms with E-state index in [1.807, 2.05) is 48.5 Å². The first-order valence-corrected chi connectivity index (χ1v) is 10.9. The molecule has 4 N–H and O–H groups in total. The van der Waals surface area contributed by atoms with Crippen LogP contribution in [0.5, 0.6) is 0 Å². The first kappa shape index (κ1) is 23.0. The highest BCUT2D eigenvalue weighted by molar-refractivity contribution is 5.96. The monoisotopic (exact) mass is 463 g/mol. The van der Waals surface area contributed by atoms with E-state index in [9.17, 15) is 24.3 Å². The van der Waals surface area contributed by atoms with Crippen LogP contribution in [0.25, 0.3) is 11.1 Å². The number of amides is 3. The van der Waals surface area contributed by atoms with Gasteiger partial charge in [0.2, 0.25) is 11.8 Å². The zero-order valence-electron chi connectivity index (χ0n) is 18.3. The number of ether oxygens (including phenoxy) is 1. The molecule has 34 heavy (non-hydrogen) atoms. The fourth-order valence-corrected chi connectivity index (χ4v) is 4.45. The maximum Gasteiger partial charge on any atom is 0.407 e. The second-order valence-electron chi connectivity index (χ2n) is 8.22. The number of carboxylic acid groups (broad SMARTS) is 1. The molecule has 9 nitrogen and oxygen atoms in total. The molecule has 0 radical (unpaired) electrons. The summed E-state index contributed by atoms with van der Waals surface area (Å²) < 4.78 is 5.48. The largest absolute Gasteiger partial charge is 0.481 e. The Morgan fingerprint density at radius 3 is 2.32 bits per heavy atom. The summed E-state index contributed by atoms with van der Waals surface area (Å²) in [5.41, 5.74) is 4.31. The van der Waals surface area contributed by atoms with Crippen LogP contribution in [0.4, 0.5) is 4.79 Å². The standard InChI is InChI=1S/C25H25N3O6/c1-2-7-20(22(29)28-21-18(24(31)32)12-26-23(21)30)27-25(33)34-13-19-16-10-5-3-8-14(16)15-9-4-6-11-17(15)19/h2-6,8-11,18-21H,1,7,12-13H2,(H,26,30)(H,27,33)(H,28,29)(H,31,32). The predicted octanol–water partition coefficient (Wildman–Crippen LogP) is 1.79. The molecule has 1 fully saturated rings. The number of carbonyl (C=O) groups is 4. The molecule has 2 aromatic rings. The Labute approximate surface area is 196 Å². The highest BCUT2D eigenvalue weighted by atomic mass is 16.5. The molecule has 3 atom stereocenters. The van der Waals surface area contributed by atoms with Gasteiger partial charge in [-0.15, -0.1) is 6.58 Å². The molecule has 0 spiro atoms. The first-order valence-electron chi connectivity index (χ1n) is 10.9. The lowest BCUT2D eigenvalue weighted by atomic mass is 9.98. The van der Waals surface area contributed by atoms with Crippen molar-refractivity contribution in [2.24, 2.45) is 5.92 Å². The van der Waals surface area contributed by atoms with Gasteiger partial charge in [0.05, 0.1) is 0 Å². The van der Waals surface area contributed by atoms with E-state index in [0.29, 0.717) is 0 Å². The zero-order chi connectivity index (χ0) is 24.2. The minimum Gasteiger partial charge on any atom is -0.481 e. The Balaban J connectivity index is 1.40. The van der Waals surface area contributed by atoms with Gasteiger partial charge in [0.15, 0.2) is 0 Å². The number of hydrogen-bond donors (Lipinski definition) is 4. The van der Waals surface area contributed by atoms with Crippen LogP contribution in [0.15, 0.2) is 61.2 Å². The summed E-state index contributed by atoms with van der Waals surface area (Å²) in [7, 11) is 0. The van der Waals surface area contributed by atoms with Crippen LogP contribution < -0.4 is 16.0 Å². The van der Waals surface area contributed by atoms with Crippen molar-refractivity contribution in [1.29, 1.82) is 0 Å². The van der Waals surface area contributed by atoms with Gasteiger partial charge in [0.1, 0.15) is 24.6 Å². The lowest BCUT2D eigenvalue weighted by molar-refractivity contribution is -0.143. The molecular weight excluding hydrogens is 438 g/mol. The zero-order valence-corrected chi connectivity index (χ0v) is 18.3. The summed E-state index contributed by atoms with van der Waals surface area (Å²) >= 11 is 0. The van der Waals surface area contributed by atoms with Crippen molar-refractivity contribution in [2.75, 3.05) is 13.2 Å². The van der Waals surface area contributed by atoms with Gasteiger partial charge in [0.25, 0.3) is 0 Å². The topological polar surface area (TPSA) is 134 Å². The van der Waals surface area contributed by atoms with Crippen LogP contribution in [0.2, 0.25) is 0 Å². The van der Waals surface area contributed by atoms with Crippen molar-refractivity contribution >= 4 is 23.9 Å². The van der Waals surface area contributed by atoms with Gasteiger partial charge < -0.3 is 25.8 Å². The van der Waals surface area contributed by atoms with Crippen LogP contribution in [0, 0.1) is 5.92 Å². The van der Waals surface area contributed by atoms with Crippen LogP contribution in [0.3, 0.4) is 0 Å². The maximum absolute atomic E-state index is 12.7. The van der Waals surface area contributed by atoms with E-state index in [1.165, 1.54) is 6.08 Å². The third-order valence-corrected chi connectivity index (χ3v) is 6.15. The summed E-state index contributed by atoms with van der Waals surface area (Å²) in [5.74, 6) is -3.70. The minimum atomic E-state index is -1.22. The van der Waals surface area contributed by atoms with Gasteiger partial charge in [-0.1, -0.05) is 54.6 Å². The normalized spacial score (nSPS) is 19.4. The van der Waals surface area contributed by atoms with E-state index in [1.54, 1.807) is 0 Å². The Morgan fingerprint density at radius 1 is 1.12 bits per heavy atom. The summed E-state index contributed by atoms with van der Waals surface area (Å²) in [4.78, 5) is 48.6. The van der Waals surface area contributed by atoms with Crippen LogP contribution in [-0.4, -0.2) is 54.2 Å². The third kappa shape index (κ3) is 4.50.